The second-order valence-electron chi connectivity index (χ2n) is 5.38. The Labute approximate surface area is 128 Å². The van der Waals surface area contributed by atoms with Gasteiger partial charge < -0.3 is 15.0 Å². The number of nitrogens with zero attached hydrogens (tertiary/aromatic N) is 6. The first-order valence-electron chi connectivity index (χ1n) is 7.17. The molecule has 22 heavy (non-hydrogen) atoms. The highest BCUT2D eigenvalue weighted by Gasteiger charge is 2.28. The summed E-state index contributed by atoms with van der Waals surface area (Å²) in [6, 6.07) is 4.00. The fraction of sp³-hybridized carbons (Fsp3) is 0.429. The Morgan fingerprint density at radius 1 is 1.32 bits per heavy atom. The van der Waals surface area contributed by atoms with Crippen molar-refractivity contribution in [3.05, 3.63) is 46.5 Å². The lowest BCUT2D eigenvalue weighted by Gasteiger charge is -2.35. The van der Waals surface area contributed by atoms with Gasteiger partial charge in [0.15, 0.2) is 0 Å². The lowest BCUT2D eigenvalue weighted by Crippen LogP contribution is -2.46. The lowest BCUT2D eigenvalue weighted by atomic mass is 10.2. The van der Waals surface area contributed by atoms with E-state index in [-0.39, 0.29) is 5.82 Å². The zero-order chi connectivity index (χ0) is 15.5. The molecule has 116 valence electrons. The summed E-state index contributed by atoms with van der Waals surface area (Å²) in [5.74, 6) is 0.522. The number of aromatic nitrogens is 3. The standard InChI is InChI=1S/C14H18N6O2/c1-17-11-16-13(20(21)22)14(17)19-7-5-18(6-8-19)10-12-3-2-4-15-9-12/h2-4,9,11H,5-8,10H2,1H3. The van der Waals surface area contributed by atoms with Crippen LogP contribution in [0.2, 0.25) is 0 Å². The number of nitro groups is 1. The molecule has 0 atom stereocenters. The van der Waals surface area contributed by atoms with Crippen LogP contribution in [0.4, 0.5) is 11.6 Å². The number of imidazole rings is 1. The van der Waals surface area contributed by atoms with E-state index in [0.29, 0.717) is 5.82 Å². The summed E-state index contributed by atoms with van der Waals surface area (Å²) in [4.78, 5) is 23.0. The van der Waals surface area contributed by atoms with Crippen molar-refractivity contribution in [3.8, 4) is 0 Å². The number of anilines is 1. The molecule has 0 bridgehead atoms. The van der Waals surface area contributed by atoms with Crippen LogP contribution in [0, 0.1) is 10.1 Å². The number of hydrogen-bond acceptors (Lipinski definition) is 6. The van der Waals surface area contributed by atoms with Crippen molar-refractivity contribution in [2.45, 2.75) is 6.54 Å². The van der Waals surface area contributed by atoms with Gasteiger partial charge in [-0.25, -0.2) is 0 Å². The lowest BCUT2D eigenvalue weighted by molar-refractivity contribution is -0.388. The summed E-state index contributed by atoms with van der Waals surface area (Å²) in [7, 11) is 1.79. The smallest absolute Gasteiger partial charge is 0.358 e. The third-order valence-corrected chi connectivity index (χ3v) is 3.86. The Balaban J connectivity index is 1.65. The van der Waals surface area contributed by atoms with E-state index < -0.39 is 4.92 Å². The van der Waals surface area contributed by atoms with Gasteiger partial charge in [0.05, 0.1) is 0 Å². The zero-order valence-electron chi connectivity index (χ0n) is 12.4. The minimum Gasteiger partial charge on any atom is -0.358 e. The summed E-state index contributed by atoms with van der Waals surface area (Å²) >= 11 is 0. The Bertz CT molecular complexity index is 649. The highest BCUT2D eigenvalue weighted by Crippen LogP contribution is 2.26. The molecule has 8 heteroatoms. The van der Waals surface area contributed by atoms with Crippen molar-refractivity contribution < 1.29 is 4.92 Å². The molecule has 1 aliphatic heterocycles. The Kier molecular flexibility index (Phi) is 4.01. The molecule has 1 saturated heterocycles. The summed E-state index contributed by atoms with van der Waals surface area (Å²) in [6.07, 6.45) is 5.14. The van der Waals surface area contributed by atoms with Crippen LogP contribution >= 0.6 is 0 Å². The molecule has 0 radical (unpaired) electrons. The molecule has 0 amide bonds. The van der Waals surface area contributed by atoms with Gasteiger partial charge in [-0.1, -0.05) is 6.07 Å². The van der Waals surface area contributed by atoms with E-state index >= 15 is 0 Å². The van der Waals surface area contributed by atoms with Gasteiger partial charge in [0.1, 0.15) is 0 Å². The summed E-state index contributed by atoms with van der Waals surface area (Å²) in [5, 5.41) is 11.1. The van der Waals surface area contributed by atoms with Gasteiger partial charge in [0, 0.05) is 52.2 Å². The van der Waals surface area contributed by atoms with Gasteiger partial charge in [-0.2, -0.15) is 0 Å². The Hall–Kier alpha value is -2.48. The van der Waals surface area contributed by atoms with E-state index in [4.69, 9.17) is 0 Å². The number of piperazine rings is 1. The molecule has 3 rings (SSSR count). The van der Waals surface area contributed by atoms with E-state index in [2.05, 4.69) is 20.9 Å². The highest BCUT2D eigenvalue weighted by atomic mass is 16.6. The van der Waals surface area contributed by atoms with E-state index in [1.165, 1.54) is 11.9 Å². The quantitative estimate of drug-likeness (QED) is 0.620. The van der Waals surface area contributed by atoms with Gasteiger partial charge >= 0.3 is 5.82 Å². The normalized spacial score (nSPS) is 16.0. The Morgan fingerprint density at radius 3 is 2.73 bits per heavy atom. The largest absolute Gasteiger partial charge is 0.406 e. The van der Waals surface area contributed by atoms with Crippen LogP contribution < -0.4 is 4.90 Å². The maximum Gasteiger partial charge on any atom is 0.406 e. The minimum absolute atomic E-state index is 0.0665. The van der Waals surface area contributed by atoms with E-state index in [1.54, 1.807) is 17.8 Å². The van der Waals surface area contributed by atoms with Crippen LogP contribution in [0.1, 0.15) is 5.56 Å². The SMILES string of the molecule is Cn1cnc([N+](=O)[O-])c1N1CCN(Cc2cccnc2)CC1. The van der Waals surface area contributed by atoms with Gasteiger partial charge in [0.25, 0.3) is 0 Å². The summed E-state index contributed by atoms with van der Waals surface area (Å²) in [5.41, 5.74) is 1.18. The number of hydrogen-bond donors (Lipinski definition) is 0. The van der Waals surface area contributed by atoms with Crippen molar-refractivity contribution in [3.63, 3.8) is 0 Å². The maximum atomic E-state index is 11.1. The van der Waals surface area contributed by atoms with Gasteiger partial charge in [-0.3, -0.25) is 14.5 Å². The average molecular weight is 302 g/mol. The molecule has 0 spiro atoms. The molecule has 0 saturated carbocycles. The molecule has 3 heterocycles. The van der Waals surface area contributed by atoms with Gasteiger partial charge in [-0.15, -0.1) is 0 Å². The molecule has 0 unspecified atom stereocenters. The van der Waals surface area contributed by atoms with Crippen LogP contribution in [-0.2, 0) is 13.6 Å². The first kappa shape index (κ1) is 14.5. The molecule has 0 aromatic carbocycles. The first-order chi connectivity index (χ1) is 10.6. The molecule has 0 N–H and O–H groups in total. The third kappa shape index (κ3) is 2.91. The topological polar surface area (TPSA) is 80.3 Å². The molecule has 2 aromatic rings. The van der Waals surface area contributed by atoms with Crippen molar-refractivity contribution in [1.29, 1.82) is 0 Å². The molecule has 1 aliphatic rings. The van der Waals surface area contributed by atoms with Gasteiger partial charge in [-0.05, 0) is 21.5 Å². The fourth-order valence-electron chi connectivity index (χ4n) is 2.77. The first-order valence-corrected chi connectivity index (χ1v) is 7.17. The zero-order valence-corrected chi connectivity index (χ0v) is 12.4. The van der Waals surface area contributed by atoms with E-state index in [0.717, 1.165) is 32.7 Å². The highest BCUT2D eigenvalue weighted by molar-refractivity contribution is 5.54. The van der Waals surface area contributed by atoms with Crippen molar-refractivity contribution in [2.24, 2.45) is 7.05 Å². The summed E-state index contributed by atoms with van der Waals surface area (Å²) < 4.78 is 1.72. The number of pyridine rings is 1. The van der Waals surface area contributed by atoms with E-state index in [1.807, 2.05) is 17.2 Å². The van der Waals surface area contributed by atoms with E-state index in [9.17, 15) is 10.1 Å². The average Bonchev–Trinajstić information content (AvgIpc) is 2.91. The third-order valence-electron chi connectivity index (χ3n) is 3.86. The minimum atomic E-state index is -0.419. The number of aryl methyl sites for hydroxylation is 1. The molecule has 0 aliphatic carbocycles. The van der Waals surface area contributed by atoms with Gasteiger partial charge in [0.2, 0.25) is 12.1 Å². The van der Waals surface area contributed by atoms with Crippen molar-refractivity contribution in [2.75, 3.05) is 31.1 Å². The maximum absolute atomic E-state index is 11.1. The van der Waals surface area contributed by atoms with Crippen LogP contribution in [0.5, 0.6) is 0 Å². The summed E-state index contributed by atoms with van der Waals surface area (Å²) in [6.45, 7) is 4.07. The monoisotopic (exact) mass is 302 g/mol. The number of rotatable bonds is 4. The molecular formula is C14H18N6O2. The molecule has 1 fully saturated rings. The second-order valence-corrected chi connectivity index (χ2v) is 5.38. The van der Waals surface area contributed by atoms with Crippen LogP contribution in [0.3, 0.4) is 0 Å². The van der Waals surface area contributed by atoms with Crippen LogP contribution in [-0.4, -0.2) is 50.5 Å². The fourth-order valence-corrected chi connectivity index (χ4v) is 2.77. The van der Waals surface area contributed by atoms with Crippen LogP contribution in [0.15, 0.2) is 30.9 Å². The van der Waals surface area contributed by atoms with Crippen molar-refractivity contribution in [1.82, 2.24) is 19.4 Å². The molecule has 8 nitrogen and oxygen atoms in total. The Morgan fingerprint density at radius 2 is 2.09 bits per heavy atom. The molecule has 2 aromatic heterocycles. The molecular weight excluding hydrogens is 284 g/mol. The predicted molar refractivity (Wildman–Crippen MR) is 81.6 cm³/mol. The van der Waals surface area contributed by atoms with Crippen LogP contribution in [0.25, 0.3) is 0 Å². The second kappa shape index (κ2) is 6.10. The predicted octanol–water partition coefficient (Wildman–Crippen LogP) is 1.05. The van der Waals surface area contributed by atoms with Crippen molar-refractivity contribution >= 4 is 11.6 Å².